The molecule has 2 aromatic carbocycles. The summed E-state index contributed by atoms with van der Waals surface area (Å²) >= 11 is 0. The van der Waals surface area contributed by atoms with E-state index in [9.17, 15) is 4.79 Å². The molecule has 0 amide bonds. The number of rotatable bonds is 10. The fourth-order valence-corrected chi connectivity index (χ4v) is 3.75. The van der Waals surface area contributed by atoms with Crippen LogP contribution in [0.15, 0.2) is 42.5 Å². The van der Waals surface area contributed by atoms with Crippen molar-refractivity contribution in [2.75, 3.05) is 32.8 Å². The number of ether oxygens (including phenoxy) is 2. The molecule has 2 unspecified atom stereocenters. The highest BCUT2D eigenvalue weighted by atomic mass is 16.5. The molecule has 2 aromatic rings. The number of hydrogen-bond acceptors (Lipinski definition) is 6. The Kier molecular flexibility index (Phi) is 9.08. The maximum absolute atomic E-state index is 13.2. The van der Waals surface area contributed by atoms with Gasteiger partial charge in [-0.15, -0.1) is 0 Å². The predicted octanol–water partition coefficient (Wildman–Crippen LogP) is 3.61. The lowest BCUT2D eigenvalue weighted by Gasteiger charge is -2.22. The first-order valence-corrected chi connectivity index (χ1v) is 11.4. The summed E-state index contributed by atoms with van der Waals surface area (Å²) in [4.78, 5) is 32.7. The van der Waals surface area contributed by atoms with Crippen molar-refractivity contribution in [2.45, 2.75) is 45.6 Å². The van der Waals surface area contributed by atoms with Crippen LogP contribution in [0.1, 0.15) is 44.2 Å². The van der Waals surface area contributed by atoms with Gasteiger partial charge in [0, 0.05) is 15.8 Å². The van der Waals surface area contributed by atoms with Crippen molar-refractivity contribution in [2.24, 2.45) is 5.92 Å². The van der Waals surface area contributed by atoms with Crippen LogP contribution in [0.2, 0.25) is 0 Å². The minimum atomic E-state index is -2.79. The number of nitrogens with zero attached hydrogens (tertiary/aromatic N) is 1. The molecule has 0 saturated carbocycles. The van der Waals surface area contributed by atoms with E-state index < -0.39 is 36.9 Å². The first-order valence-electron chi connectivity index (χ1n) is 13.4. The third-order valence-electron chi connectivity index (χ3n) is 5.55. The highest BCUT2D eigenvalue weighted by Crippen LogP contribution is 2.27. The van der Waals surface area contributed by atoms with Gasteiger partial charge in [-0.3, -0.25) is 4.79 Å². The summed E-state index contributed by atoms with van der Waals surface area (Å²) in [5.41, 5.74) is 0.982. The van der Waals surface area contributed by atoms with Crippen LogP contribution in [0.25, 0.3) is 10.8 Å². The van der Waals surface area contributed by atoms with E-state index in [1.54, 1.807) is 13.8 Å². The van der Waals surface area contributed by atoms with Gasteiger partial charge in [0.25, 0.3) is 0 Å². The second kappa shape index (κ2) is 14.3. The summed E-state index contributed by atoms with van der Waals surface area (Å²) in [6.07, 6.45) is 2.52. The number of carbonyl (C=O) groups is 3. The number of hydrogen-bond donors (Lipinski definition) is 2. The molecule has 1 heterocycles. The molecule has 2 atom stereocenters. The molecule has 1 aliphatic heterocycles. The van der Waals surface area contributed by atoms with Crippen molar-refractivity contribution >= 4 is 28.7 Å². The molecule has 8 heteroatoms. The van der Waals surface area contributed by atoms with E-state index in [0.717, 1.165) is 29.2 Å². The Labute approximate surface area is 206 Å². The Morgan fingerprint density at radius 2 is 1.79 bits per heavy atom. The number of carbonyl (C=O) groups excluding carboxylic acids is 1. The Morgan fingerprint density at radius 3 is 2.41 bits per heavy atom. The van der Waals surface area contributed by atoms with Crippen LogP contribution in [0.4, 0.5) is 0 Å². The molecule has 186 valence electrons. The molecule has 0 radical (unpaired) electrons. The van der Waals surface area contributed by atoms with E-state index >= 15 is 0 Å². The lowest BCUT2D eigenvalue weighted by molar-refractivity contribution is -0.159. The van der Waals surface area contributed by atoms with Crippen LogP contribution in [0.3, 0.4) is 0 Å². The normalized spacial score (nSPS) is 18.6. The number of carboxylic acid groups (broad SMARTS) is 2. The number of likely N-dealkylation sites (N-methyl/N-ethyl adjacent to an activating group) is 1. The zero-order valence-corrected chi connectivity index (χ0v) is 19.5. The molecule has 34 heavy (non-hydrogen) atoms. The van der Waals surface area contributed by atoms with Crippen molar-refractivity contribution < 1.29 is 39.6 Å². The smallest absolute Gasteiger partial charge is 0.414 e. The first kappa shape index (κ1) is 21.6. The summed E-state index contributed by atoms with van der Waals surface area (Å²) in [6, 6.07) is 13.9. The molecule has 0 aromatic heterocycles. The van der Waals surface area contributed by atoms with Crippen LogP contribution in [-0.4, -0.2) is 71.9 Å². The van der Waals surface area contributed by atoms with Crippen molar-refractivity contribution in [1.82, 2.24) is 4.90 Å². The summed E-state index contributed by atoms with van der Waals surface area (Å²) < 4.78 is 44.1. The molecular formula is C26H35NO7. The standard InChI is InChI=1S/C24H33NO3.C2H2O4/c1-3-25(4-2)14-16-28-24(26)21(18-22-12-8-15-27-22)17-20-11-7-10-19-9-5-6-13-23(19)20;3-1(4)2(5)6/h5-7,9-11,13,21-22H,3-4,8,12,14-18H2,1-2H3;(H,3,4)(H,5,6)/i14D2,16D2;. The summed E-state index contributed by atoms with van der Waals surface area (Å²) in [7, 11) is 0. The number of carboxylic acids is 2. The maximum Gasteiger partial charge on any atom is 0.414 e. The molecule has 1 fully saturated rings. The average molecular weight is 478 g/mol. The minimum absolute atomic E-state index is 0.0760. The van der Waals surface area contributed by atoms with Gasteiger partial charge in [-0.1, -0.05) is 56.3 Å². The second-order valence-electron chi connectivity index (χ2n) is 7.83. The first-order chi connectivity index (χ1) is 17.8. The van der Waals surface area contributed by atoms with E-state index in [0.29, 0.717) is 32.5 Å². The fourth-order valence-electron chi connectivity index (χ4n) is 3.75. The highest BCUT2D eigenvalue weighted by molar-refractivity contribution is 6.27. The Bertz CT molecular complexity index is 1080. The molecule has 0 spiro atoms. The zero-order chi connectivity index (χ0) is 28.5. The van der Waals surface area contributed by atoms with Gasteiger partial charge in [0.15, 0.2) is 0 Å². The van der Waals surface area contributed by atoms with Crippen LogP contribution < -0.4 is 0 Å². The quantitative estimate of drug-likeness (QED) is 0.394. The average Bonchev–Trinajstić information content (AvgIpc) is 3.37. The molecule has 3 rings (SSSR count). The summed E-state index contributed by atoms with van der Waals surface area (Å²) in [5, 5.41) is 16.9. The molecular weight excluding hydrogens is 438 g/mol. The van der Waals surface area contributed by atoms with Gasteiger partial charge >= 0.3 is 17.9 Å². The van der Waals surface area contributed by atoms with Crippen LogP contribution in [-0.2, 0) is 30.3 Å². The van der Waals surface area contributed by atoms with Gasteiger partial charge in [0.1, 0.15) is 6.56 Å². The van der Waals surface area contributed by atoms with Gasteiger partial charge in [-0.05, 0) is 55.1 Å². The SMILES string of the molecule is O=C(O)C(=O)O.[2H]C([2H])(OC(=O)C(Cc1cccc2ccccc12)CC1CCCO1)C([2H])([2H])N(CC)CC. The molecule has 1 saturated heterocycles. The van der Waals surface area contributed by atoms with Crippen LogP contribution >= 0.6 is 0 Å². The number of aliphatic carboxylic acids is 2. The van der Waals surface area contributed by atoms with Crippen molar-refractivity contribution in [3.8, 4) is 0 Å². The summed E-state index contributed by atoms with van der Waals surface area (Å²) in [6.45, 7) is -0.471. The van der Waals surface area contributed by atoms with Crippen LogP contribution in [0.5, 0.6) is 0 Å². The molecule has 0 aliphatic carbocycles. The van der Waals surface area contributed by atoms with Crippen molar-refractivity contribution in [3.63, 3.8) is 0 Å². The predicted molar refractivity (Wildman–Crippen MR) is 129 cm³/mol. The van der Waals surface area contributed by atoms with E-state index in [1.165, 1.54) is 4.90 Å². The number of benzene rings is 2. The van der Waals surface area contributed by atoms with E-state index in [1.807, 2.05) is 42.5 Å². The van der Waals surface area contributed by atoms with Gasteiger partial charge in [0.05, 0.1) is 14.8 Å². The Hall–Kier alpha value is -2.97. The Balaban J connectivity index is 0.000000757. The third kappa shape index (κ3) is 8.76. The van der Waals surface area contributed by atoms with Crippen LogP contribution in [0, 0.1) is 5.92 Å². The van der Waals surface area contributed by atoms with E-state index in [4.69, 9.17) is 34.8 Å². The Morgan fingerprint density at radius 1 is 1.12 bits per heavy atom. The van der Waals surface area contributed by atoms with Gasteiger partial charge in [0.2, 0.25) is 0 Å². The number of fused-ring (bicyclic) bond motifs is 1. The minimum Gasteiger partial charge on any atom is -0.473 e. The topological polar surface area (TPSA) is 113 Å². The fraction of sp³-hybridized carbons (Fsp3) is 0.500. The molecule has 0 bridgehead atoms. The maximum atomic E-state index is 13.2. The van der Waals surface area contributed by atoms with Crippen molar-refractivity contribution in [1.29, 1.82) is 0 Å². The lowest BCUT2D eigenvalue weighted by Crippen LogP contribution is -2.30. The lowest BCUT2D eigenvalue weighted by atomic mass is 9.90. The highest BCUT2D eigenvalue weighted by Gasteiger charge is 2.27. The second-order valence-corrected chi connectivity index (χ2v) is 7.83. The van der Waals surface area contributed by atoms with Gasteiger partial charge < -0.3 is 24.6 Å². The molecule has 2 N–H and O–H groups in total. The van der Waals surface area contributed by atoms with Gasteiger partial charge in [-0.25, -0.2) is 9.59 Å². The zero-order valence-electron chi connectivity index (χ0n) is 23.5. The third-order valence-corrected chi connectivity index (χ3v) is 5.55. The molecule has 1 aliphatic rings. The number of esters is 1. The van der Waals surface area contributed by atoms with E-state index in [-0.39, 0.29) is 6.10 Å². The summed E-state index contributed by atoms with van der Waals surface area (Å²) in [5.74, 6) is -5.01. The van der Waals surface area contributed by atoms with Gasteiger partial charge in [-0.2, -0.15) is 0 Å². The van der Waals surface area contributed by atoms with E-state index in [2.05, 4.69) is 0 Å². The van der Waals surface area contributed by atoms with Crippen molar-refractivity contribution in [3.05, 3.63) is 48.0 Å². The molecule has 8 nitrogen and oxygen atoms in total. The largest absolute Gasteiger partial charge is 0.473 e. The monoisotopic (exact) mass is 477 g/mol.